The number of aliphatic carboxylic acids is 1. The first-order chi connectivity index (χ1) is 9.76. The minimum absolute atomic E-state index is 0.0726. The van der Waals surface area contributed by atoms with Crippen molar-refractivity contribution < 1.29 is 14.7 Å². The summed E-state index contributed by atoms with van der Waals surface area (Å²) in [6.45, 7) is 6.47. The van der Waals surface area contributed by atoms with Crippen LogP contribution in [0, 0.1) is 0 Å². The lowest BCUT2D eigenvalue weighted by atomic mass is 10.2. The molecule has 1 aromatic carbocycles. The molecule has 0 saturated heterocycles. The molecule has 1 rings (SSSR count). The normalized spacial score (nSPS) is 11.2. The van der Waals surface area contributed by atoms with Gasteiger partial charge in [-0.25, -0.2) is 0 Å². The molecular formula is C16H23NO3S. The smallest absolute Gasteiger partial charge is 0.303 e. The van der Waals surface area contributed by atoms with Crippen molar-refractivity contribution in [2.45, 2.75) is 56.1 Å². The van der Waals surface area contributed by atoms with E-state index in [1.165, 1.54) is 4.90 Å². The van der Waals surface area contributed by atoms with Gasteiger partial charge in [0.25, 0.3) is 0 Å². The maximum atomic E-state index is 11.7. The highest BCUT2D eigenvalue weighted by Gasteiger charge is 2.11. The Morgan fingerprint density at radius 1 is 1.10 bits per heavy atom. The Labute approximate surface area is 130 Å². The second kappa shape index (κ2) is 8.08. The first kappa shape index (κ1) is 17.6. The monoisotopic (exact) mass is 309 g/mol. The van der Waals surface area contributed by atoms with Crippen molar-refractivity contribution in [3.8, 4) is 0 Å². The number of amides is 1. The Morgan fingerprint density at radius 3 is 2.19 bits per heavy atom. The van der Waals surface area contributed by atoms with Crippen LogP contribution in [0.3, 0.4) is 0 Å². The molecule has 4 nitrogen and oxygen atoms in total. The maximum absolute atomic E-state index is 11.7. The van der Waals surface area contributed by atoms with Gasteiger partial charge in [-0.1, -0.05) is 20.8 Å². The average Bonchev–Trinajstić information content (AvgIpc) is 2.35. The molecule has 0 saturated carbocycles. The van der Waals surface area contributed by atoms with Crippen LogP contribution < -0.4 is 5.32 Å². The highest BCUT2D eigenvalue weighted by molar-refractivity contribution is 8.00. The maximum Gasteiger partial charge on any atom is 0.303 e. The molecule has 5 heteroatoms. The topological polar surface area (TPSA) is 66.4 Å². The van der Waals surface area contributed by atoms with Crippen LogP contribution in [0.15, 0.2) is 29.2 Å². The van der Waals surface area contributed by atoms with Crippen LogP contribution in [-0.4, -0.2) is 21.7 Å². The molecule has 0 aliphatic rings. The fourth-order valence-corrected chi connectivity index (χ4v) is 2.72. The van der Waals surface area contributed by atoms with Crippen LogP contribution in [0.5, 0.6) is 0 Å². The van der Waals surface area contributed by atoms with Crippen LogP contribution in [0.4, 0.5) is 5.69 Å². The van der Waals surface area contributed by atoms with E-state index in [2.05, 4.69) is 26.1 Å². The van der Waals surface area contributed by atoms with Gasteiger partial charge in [0.05, 0.1) is 0 Å². The molecule has 0 aliphatic heterocycles. The number of thioether (sulfide) groups is 1. The fraction of sp³-hybridized carbons (Fsp3) is 0.500. The van der Waals surface area contributed by atoms with E-state index in [-0.39, 0.29) is 17.1 Å². The quantitative estimate of drug-likeness (QED) is 0.586. The molecule has 1 amide bonds. The molecule has 0 fully saturated rings. The van der Waals surface area contributed by atoms with E-state index in [9.17, 15) is 9.59 Å². The summed E-state index contributed by atoms with van der Waals surface area (Å²) in [7, 11) is 0. The molecule has 0 aromatic heterocycles. The second-order valence-electron chi connectivity index (χ2n) is 5.89. The summed E-state index contributed by atoms with van der Waals surface area (Å²) in [4.78, 5) is 23.2. The van der Waals surface area contributed by atoms with Crippen molar-refractivity contribution in [2.75, 3.05) is 5.32 Å². The number of unbranched alkanes of at least 4 members (excludes halogenated alkanes) is 1. The van der Waals surface area contributed by atoms with Gasteiger partial charge >= 0.3 is 5.97 Å². The number of carboxylic acid groups (broad SMARTS) is 1. The summed E-state index contributed by atoms with van der Waals surface area (Å²) < 4.78 is 0.162. The third kappa shape index (κ3) is 8.40. The summed E-state index contributed by atoms with van der Waals surface area (Å²) >= 11 is 1.78. The van der Waals surface area contributed by atoms with E-state index in [0.29, 0.717) is 19.3 Å². The Kier molecular flexibility index (Phi) is 6.75. The molecule has 0 bridgehead atoms. The predicted molar refractivity (Wildman–Crippen MR) is 86.8 cm³/mol. The van der Waals surface area contributed by atoms with E-state index >= 15 is 0 Å². The van der Waals surface area contributed by atoms with Gasteiger partial charge in [-0.2, -0.15) is 0 Å². The molecule has 2 N–H and O–H groups in total. The third-order valence-electron chi connectivity index (χ3n) is 2.61. The van der Waals surface area contributed by atoms with Crippen LogP contribution in [0.2, 0.25) is 0 Å². The Hall–Kier alpha value is -1.49. The second-order valence-corrected chi connectivity index (χ2v) is 7.79. The van der Waals surface area contributed by atoms with Gasteiger partial charge in [0.15, 0.2) is 0 Å². The molecule has 0 radical (unpaired) electrons. The summed E-state index contributed by atoms with van der Waals surface area (Å²) in [5, 5.41) is 11.3. The minimum atomic E-state index is -0.817. The number of hydrogen-bond donors (Lipinski definition) is 2. The first-order valence-electron chi connectivity index (χ1n) is 7.07. The standard InChI is InChI=1S/C16H23NO3S/c1-16(2,3)21-13-10-8-12(9-11-13)17-14(18)6-4-5-7-15(19)20/h8-11H,4-7H2,1-3H3,(H,17,18)(H,19,20). The van der Waals surface area contributed by atoms with Crippen LogP contribution >= 0.6 is 11.8 Å². The molecule has 0 unspecified atom stereocenters. The van der Waals surface area contributed by atoms with E-state index in [1.54, 1.807) is 11.8 Å². The van der Waals surface area contributed by atoms with Crippen molar-refractivity contribution >= 4 is 29.3 Å². The van der Waals surface area contributed by atoms with Crippen molar-refractivity contribution in [3.63, 3.8) is 0 Å². The Bertz CT molecular complexity index is 477. The van der Waals surface area contributed by atoms with E-state index in [4.69, 9.17) is 5.11 Å². The van der Waals surface area contributed by atoms with Gasteiger partial charge in [0.2, 0.25) is 5.91 Å². The first-order valence-corrected chi connectivity index (χ1v) is 7.89. The lowest BCUT2D eigenvalue weighted by Gasteiger charge is -2.17. The number of carbonyl (C=O) groups is 2. The molecule has 1 aromatic rings. The van der Waals surface area contributed by atoms with Crippen molar-refractivity contribution in [1.82, 2.24) is 0 Å². The van der Waals surface area contributed by atoms with Crippen molar-refractivity contribution in [3.05, 3.63) is 24.3 Å². The average molecular weight is 309 g/mol. The van der Waals surface area contributed by atoms with Gasteiger partial charge in [0, 0.05) is 28.2 Å². The van der Waals surface area contributed by atoms with Gasteiger partial charge in [-0.15, -0.1) is 11.8 Å². The summed E-state index contributed by atoms with van der Waals surface area (Å²) in [5.41, 5.74) is 0.775. The minimum Gasteiger partial charge on any atom is -0.481 e. The summed E-state index contributed by atoms with van der Waals surface area (Å²) in [6, 6.07) is 7.78. The SMILES string of the molecule is CC(C)(C)Sc1ccc(NC(=O)CCCCC(=O)O)cc1. The van der Waals surface area contributed by atoms with Gasteiger partial charge in [-0.3, -0.25) is 9.59 Å². The lowest BCUT2D eigenvalue weighted by molar-refractivity contribution is -0.137. The van der Waals surface area contributed by atoms with Crippen molar-refractivity contribution in [2.24, 2.45) is 0 Å². The number of anilines is 1. The molecule has 116 valence electrons. The molecule has 21 heavy (non-hydrogen) atoms. The van der Waals surface area contributed by atoms with E-state index in [0.717, 1.165) is 5.69 Å². The summed E-state index contributed by atoms with van der Waals surface area (Å²) in [6.07, 6.45) is 1.60. The van der Waals surface area contributed by atoms with Crippen molar-refractivity contribution in [1.29, 1.82) is 0 Å². The number of carbonyl (C=O) groups excluding carboxylic acids is 1. The molecule has 0 spiro atoms. The molecular weight excluding hydrogens is 286 g/mol. The number of carboxylic acids is 1. The fourth-order valence-electron chi connectivity index (χ4n) is 1.75. The molecule has 0 atom stereocenters. The zero-order valence-electron chi connectivity index (χ0n) is 12.8. The molecule has 0 aliphatic carbocycles. The number of benzene rings is 1. The zero-order chi connectivity index (χ0) is 15.9. The Balaban J connectivity index is 2.37. The Morgan fingerprint density at radius 2 is 1.67 bits per heavy atom. The highest BCUT2D eigenvalue weighted by Crippen LogP contribution is 2.32. The van der Waals surface area contributed by atoms with Gasteiger partial charge in [-0.05, 0) is 37.1 Å². The van der Waals surface area contributed by atoms with Crippen LogP contribution in [0.1, 0.15) is 46.5 Å². The van der Waals surface area contributed by atoms with Crippen LogP contribution in [0.25, 0.3) is 0 Å². The van der Waals surface area contributed by atoms with E-state index in [1.807, 2.05) is 24.3 Å². The zero-order valence-corrected chi connectivity index (χ0v) is 13.6. The lowest BCUT2D eigenvalue weighted by Crippen LogP contribution is -2.11. The number of hydrogen-bond acceptors (Lipinski definition) is 3. The summed E-state index contributed by atoms with van der Waals surface area (Å²) in [5.74, 6) is -0.890. The highest BCUT2D eigenvalue weighted by atomic mass is 32.2. The third-order valence-corrected chi connectivity index (χ3v) is 3.73. The number of nitrogens with one attached hydrogen (secondary N) is 1. The van der Waals surface area contributed by atoms with Crippen LogP contribution in [-0.2, 0) is 9.59 Å². The number of rotatable bonds is 7. The van der Waals surface area contributed by atoms with E-state index < -0.39 is 5.97 Å². The van der Waals surface area contributed by atoms with Gasteiger partial charge < -0.3 is 10.4 Å². The predicted octanol–water partition coefficient (Wildman–Crippen LogP) is 4.16. The van der Waals surface area contributed by atoms with Gasteiger partial charge in [0.1, 0.15) is 0 Å². The molecule has 0 heterocycles. The largest absolute Gasteiger partial charge is 0.481 e.